The molecular weight excluding hydrogens is 274 g/mol. The van der Waals surface area contributed by atoms with Crippen LogP contribution in [0.2, 0.25) is 0 Å². The summed E-state index contributed by atoms with van der Waals surface area (Å²) < 4.78 is 0. The lowest BCUT2D eigenvalue weighted by Crippen LogP contribution is -2.37. The fraction of sp³-hybridized carbons (Fsp3) is 0.529. The van der Waals surface area contributed by atoms with Gasteiger partial charge in [0.05, 0.1) is 0 Å². The summed E-state index contributed by atoms with van der Waals surface area (Å²) in [6, 6.07) is 10.9. The highest BCUT2D eigenvalue weighted by atomic mass is 15.5. The Morgan fingerprint density at radius 3 is 2.82 bits per heavy atom. The minimum atomic E-state index is 0.668. The number of hydrogen-bond acceptors (Lipinski definition) is 4. The molecule has 1 atom stereocenters. The van der Waals surface area contributed by atoms with Crippen LogP contribution in [-0.4, -0.2) is 45.6 Å². The normalized spacial score (nSPS) is 18.9. The summed E-state index contributed by atoms with van der Waals surface area (Å²) in [4.78, 5) is 4.22. The Morgan fingerprint density at radius 2 is 2.05 bits per heavy atom. The molecule has 5 heteroatoms. The second-order valence-corrected chi connectivity index (χ2v) is 5.91. The summed E-state index contributed by atoms with van der Waals surface area (Å²) in [5.41, 5.74) is 3.13. The van der Waals surface area contributed by atoms with Gasteiger partial charge in [0.1, 0.15) is 11.4 Å². The molecule has 3 rings (SSSR count). The van der Waals surface area contributed by atoms with Crippen LogP contribution in [0, 0.1) is 0 Å². The van der Waals surface area contributed by atoms with Crippen LogP contribution in [-0.2, 0) is 13.6 Å². The van der Waals surface area contributed by atoms with Gasteiger partial charge in [0.25, 0.3) is 0 Å². The zero-order valence-corrected chi connectivity index (χ0v) is 13.5. The second-order valence-electron chi connectivity index (χ2n) is 5.91. The fourth-order valence-electron chi connectivity index (χ4n) is 3.29. The van der Waals surface area contributed by atoms with Gasteiger partial charge in [0.2, 0.25) is 0 Å². The summed E-state index contributed by atoms with van der Waals surface area (Å²) in [7, 11) is 1.88. The van der Waals surface area contributed by atoms with Crippen molar-refractivity contribution in [3.63, 3.8) is 0 Å². The average Bonchev–Trinajstić information content (AvgIpc) is 3.14. The number of hydrogen-bond donors (Lipinski definition) is 1. The molecule has 22 heavy (non-hydrogen) atoms. The van der Waals surface area contributed by atoms with E-state index in [2.05, 4.69) is 39.5 Å². The molecule has 1 aromatic heterocycles. The molecule has 1 aromatic carbocycles. The van der Waals surface area contributed by atoms with Gasteiger partial charge in [-0.3, -0.25) is 4.90 Å². The SMILES string of the molecule is CCN1CCC[C@@H]1CNCc1nn(C)nc1-c1ccccc1. The summed E-state index contributed by atoms with van der Waals surface area (Å²) >= 11 is 0. The summed E-state index contributed by atoms with van der Waals surface area (Å²) in [5.74, 6) is 0. The number of nitrogens with one attached hydrogen (secondary N) is 1. The first kappa shape index (κ1) is 15.2. The van der Waals surface area contributed by atoms with Gasteiger partial charge in [0, 0.05) is 31.7 Å². The Morgan fingerprint density at radius 1 is 1.23 bits per heavy atom. The number of aryl methyl sites for hydroxylation is 1. The molecule has 0 bridgehead atoms. The van der Waals surface area contributed by atoms with Crippen molar-refractivity contribution in [2.75, 3.05) is 19.6 Å². The van der Waals surface area contributed by atoms with Gasteiger partial charge in [-0.25, -0.2) is 0 Å². The van der Waals surface area contributed by atoms with E-state index in [1.807, 2.05) is 25.2 Å². The van der Waals surface area contributed by atoms with E-state index in [0.29, 0.717) is 6.04 Å². The smallest absolute Gasteiger partial charge is 0.117 e. The molecular formula is C17H25N5. The highest BCUT2D eigenvalue weighted by Gasteiger charge is 2.22. The number of likely N-dealkylation sites (N-methyl/N-ethyl adjacent to an activating group) is 1. The molecule has 5 nitrogen and oxygen atoms in total. The van der Waals surface area contributed by atoms with Crippen LogP contribution in [0.1, 0.15) is 25.5 Å². The highest BCUT2D eigenvalue weighted by molar-refractivity contribution is 5.60. The Labute approximate surface area is 132 Å². The van der Waals surface area contributed by atoms with Crippen LogP contribution in [0.25, 0.3) is 11.3 Å². The predicted octanol–water partition coefficient (Wildman–Crippen LogP) is 2.06. The molecule has 0 amide bonds. The molecule has 0 saturated carbocycles. The molecule has 0 spiro atoms. The second kappa shape index (κ2) is 7.03. The van der Waals surface area contributed by atoms with Crippen LogP contribution in [0.15, 0.2) is 30.3 Å². The highest BCUT2D eigenvalue weighted by Crippen LogP contribution is 2.20. The fourth-order valence-corrected chi connectivity index (χ4v) is 3.29. The number of aromatic nitrogens is 3. The first-order valence-electron chi connectivity index (χ1n) is 8.18. The van der Waals surface area contributed by atoms with Crippen LogP contribution in [0.3, 0.4) is 0 Å². The van der Waals surface area contributed by atoms with Gasteiger partial charge in [-0.05, 0) is 25.9 Å². The summed E-state index contributed by atoms with van der Waals surface area (Å²) in [5, 5.41) is 12.6. The quantitative estimate of drug-likeness (QED) is 0.887. The van der Waals surface area contributed by atoms with Crippen molar-refractivity contribution in [2.24, 2.45) is 7.05 Å². The Balaban J connectivity index is 1.63. The van der Waals surface area contributed by atoms with E-state index in [1.54, 1.807) is 4.80 Å². The zero-order valence-electron chi connectivity index (χ0n) is 13.5. The minimum Gasteiger partial charge on any atom is -0.309 e. The van der Waals surface area contributed by atoms with E-state index in [4.69, 9.17) is 0 Å². The van der Waals surface area contributed by atoms with Crippen molar-refractivity contribution < 1.29 is 0 Å². The molecule has 1 saturated heterocycles. The average molecular weight is 299 g/mol. The summed E-state index contributed by atoms with van der Waals surface area (Å²) in [6.45, 7) is 6.43. The maximum absolute atomic E-state index is 4.52. The topological polar surface area (TPSA) is 46.0 Å². The predicted molar refractivity (Wildman–Crippen MR) is 88.4 cm³/mol. The standard InChI is InChI=1S/C17H25N5/c1-3-22-11-7-10-15(22)12-18-13-16-17(20-21(2)19-16)14-8-5-4-6-9-14/h4-6,8-9,15,18H,3,7,10-13H2,1-2H3/t15-/m1/s1. The van der Waals surface area contributed by atoms with E-state index in [0.717, 1.165) is 36.6 Å². The maximum atomic E-state index is 4.52. The number of rotatable bonds is 6. The van der Waals surface area contributed by atoms with Gasteiger partial charge in [-0.2, -0.15) is 15.0 Å². The van der Waals surface area contributed by atoms with Gasteiger partial charge in [0.15, 0.2) is 0 Å². The molecule has 2 heterocycles. The Hall–Kier alpha value is -1.72. The first-order chi connectivity index (χ1) is 10.8. The lowest BCUT2D eigenvalue weighted by atomic mass is 10.1. The van der Waals surface area contributed by atoms with E-state index in [1.165, 1.54) is 19.4 Å². The van der Waals surface area contributed by atoms with E-state index in [-0.39, 0.29) is 0 Å². The van der Waals surface area contributed by atoms with Gasteiger partial charge in [-0.1, -0.05) is 37.3 Å². The van der Waals surface area contributed by atoms with Gasteiger partial charge >= 0.3 is 0 Å². The molecule has 1 fully saturated rings. The van der Waals surface area contributed by atoms with Crippen molar-refractivity contribution in [2.45, 2.75) is 32.4 Å². The van der Waals surface area contributed by atoms with Crippen molar-refractivity contribution in [1.29, 1.82) is 0 Å². The van der Waals surface area contributed by atoms with Gasteiger partial charge < -0.3 is 5.32 Å². The lowest BCUT2D eigenvalue weighted by molar-refractivity contribution is 0.259. The van der Waals surface area contributed by atoms with Crippen LogP contribution >= 0.6 is 0 Å². The Kier molecular flexibility index (Phi) is 4.85. The molecule has 1 aliphatic rings. The summed E-state index contributed by atoms with van der Waals surface area (Å²) in [6.07, 6.45) is 2.62. The largest absolute Gasteiger partial charge is 0.309 e. The number of benzene rings is 1. The van der Waals surface area contributed by atoms with E-state index < -0.39 is 0 Å². The molecule has 118 valence electrons. The number of nitrogens with zero attached hydrogens (tertiary/aromatic N) is 4. The van der Waals surface area contributed by atoms with Crippen molar-refractivity contribution in [3.8, 4) is 11.3 Å². The molecule has 0 aliphatic carbocycles. The van der Waals surface area contributed by atoms with Crippen molar-refractivity contribution >= 4 is 0 Å². The Bertz CT molecular complexity index is 592. The molecule has 0 unspecified atom stereocenters. The minimum absolute atomic E-state index is 0.668. The first-order valence-corrected chi connectivity index (χ1v) is 8.18. The van der Waals surface area contributed by atoms with E-state index >= 15 is 0 Å². The molecule has 1 N–H and O–H groups in total. The number of likely N-dealkylation sites (tertiary alicyclic amines) is 1. The lowest BCUT2D eigenvalue weighted by Gasteiger charge is -2.22. The zero-order chi connectivity index (χ0) is 15.4. The van der Waals surface area contributed by atoms with Crippen molar-refractivity contribution in [1.82, 2.24) is 25.2 Å². The van der Waals surface area contributed by atoms with E-state index in [9.17, 15) is 0 Å². The third kappa shape index (κ3) is 3.36. The van der Waals surface area contributed by atoms with Crippen LogP contribution in [0.4, 0.5) is 0 Å². The molecule has 0 radical (unpaired) electrons. The van der Waals surface area contributed by atoms with Crippen LogP contribution in [0.5, 0.6) is 0 Å². The van der Waals surface area contributed by atoms with Crippen LogP contribution < -0.4 is 5.32 Å². The third-order valence-electron chi connectivity index (χ3n) is 4.41. The molecule has 2 aromatic rings. The maximum Gasteiger partial charge on any atom is 0.117 e. The van der Waals surface area contributed by atoms with Gasteiger partial charge in [-0.15, -0.1) is 0 Å². The third-order valence-corrected chi connectivity index (χ3v) is 4.41. The van der Waals surface area contributed by atoms with Crippen molar-refractivity contribution in [3.05, 3.63) is 36.0 Å². The molecule has 1 aliphatic heterocycles. The monoisotopic (exact) mass is 299 g/mol.